The number of carbonyl (C=O) groups is 1. The molecule has 7 nitrogen and oxygen atoms in total. The van der Waals surface area contributed by atoms with Crippen LogP contribution in [0.25, 0.3) is 21.8 Å². The fourth-order valence-corrected chi connectivity index (χ4v) is 5.32. The van der Waals surface area contributed by atoms with Crippen molar-refractivity contribution in [3.8, 4) is 0 Å². The predicted octanol–water partition coefficient (Wildman–Crippen LogP) is 4.35. The molecule has 184 valence electrons. The Kier molecular flexibility index (Phi) is 5.48. The van der Waals surface area contributed by atoms with E-state index in [9.17, 15) is 14.7 Å². The monoisotopic (exact) mass is 486 g/mol. The van der Waals surface area contributed by atoms with Crippen LogP contribution in [0.2, 0.25) is 0 Å². The highest BCUT2D eigenvalue weighted by Gasteiger charge is 2.28. The van der Waals surface area contributed by atoms with Crippen molar-refractivity contribution in [1.29, 1.82) is 0 Å². The largest absolute Gasteiger partial charge is 0.477 e. The molecule has 8 heteroatoms. The average Bonchev–Trinajstić information content (AvgIpc) is 3.70. The number of benzene rings is 2. The molecule has 0 radical (unpaired) electrons. The molecule has 1 N–H and O–H groups in total. The lowest BCUT2D eigenvalue weighted by molar-refractivity contribution is 0.0695. The van der Waals surface area contributed by atoms with E-state index in [0.717, 1.165) is 49.1 Å². The van der Waals surface area contributed by atoms with E-state index in [1.165, 1.54) is 17.8 Å². The molecule has 2 aromatic heterocycles. The second kappa shape index (κ2) is 8.71. The lowest BCUT2D eigenvalue weighted by Crippen LogP contribution is -2.46. The second-order valence-electron chi connectivity index (χ2n) is 9.84. The molecule has 1 aliphatic heterocycles. The summed E-state index contributed by atoms with van der Waals surface area (Å²) in [5.74, 6) is -1.78. The Bertz CT molecular complexity index is 1570. The standard InChI is InChI=1S/C28H27FN4O3/c1-17-12-18(20-4-2-3-5-24(20)30-17)15-31-8-10-32(11-9-31)26-14-25-21(13-23(26)29)27(34)22(28(35)36)16-33(25)19-6-7-19/h2-5,12-14,16,19H,6-11,15H2,1H3,(H,35,36). The van der Waals surface area contributed by atoms with Crippen LogP contribution in [0.15, 0.2) is 53.5 Å². The van der Waals surface area contributed by atoms with Gasteiger partial charge in [0.1, 0.15) is 11.4 Å². The zero-order valence-electron chi connectivity index (χ0n) is 20.1. The highest BCUT2D eigenvalue weighted by molar-refractivity contribution is 5.93. The molecule has 36 heavy (non-hydrogen) atoms. The van der Waals surface area contributed by atoms with E-state index in [0.29, 0.717) is 24.3 Å². The van der Waals surface area contributed by atoms with Gasteiger partial charge in [-0.15, -0.1) is 0 Å². The maximum atomic E-state index is 15.3. The number of para-hydroxylation sites is 1. The third-order valence-electron chi connectivity index (χ3n) is 7.31. The van der Waals surface area contributed by atoms with Crippen molar-refractivity contribution < 1.29 is 14.3 Å². The minimum Gasteiger partial charge on any atom is -0.477 e. The summed E-state index contributed by atoms with van der Waals surface area (Å²) in [5.41, 5.74) is 3.35. The number of rotatable bonds is 5. The van der Waals surface area contributed by atoms with Crippen LogP contribution >= 0.6 is 0 Å². The molecular formula is C28H27FN4O3. The zero-order valence-corrected chi connectivity index (χ0v) is 20.1. The number of aromatic carboxylic acids is 1. The Labute approximate surface area is 207 Å². The Morgan fingerprint density at radius 3 is 2.56 bits per heavy atom. The minimum atomic E-state index is -1.28. The summed E-state index contributed by atoms with van der Waals surface area (Å²) in [7, 11) is 0. The summed E-state index contributed by atoms with van der Waals surface area (Å²) in [5, 5.41) is 10.7. The minimum absolute atomic E-state index is 0.127. The van der Waals surface area contributed by atoms with E-state index in [4.69, 9.17) is 0 Å². The molecule has 4 aromatic rings. The maximum Gasteiger partial charge on any atom is 0.341 e. The third-order valence-corrected chi connectivity index (χ3v) is 7.31. The molecule has 2 aliphatic rings. The Hall–Kier alpha value is -3.78. The molecule has 0 spiro atoms. The molecule has 1 aliphatic carbocycles. The normalized spacial score (nSPS) is 16.7. The zero-order chi connectivity index (χ0) is 25.0. The van der Waals surface area contributed by atoms with Crippen molar-refractivity contribution >= 4 is 33.5 Å². The van der Waals surface area contributed by atoms with Gasteiger partial charge >= 0.3 is 5.97 Å². The van der Waals surface area contributed by atoms with Crippen LogP contribution in [0.3, 0.4) is 0 Å². The van der Waals surface area contributed by atoms with E-state index < -0.39 is 17.2 Å². The number of hydrogen-bond acceptors (Lipinski definition) is 5. The smallest absolute Gasteiger partial charge is 0.341 e. The first-order valence-electron chi connectivity index (χ1n) is 12.3. The topological polar surface area (TPSA) is 78.7 Å². The molecule has 1 saturated heterocycles. The predicted molar refractivity (Wildman–Crippen MR) is 137 cm³/mol. The number of piperazine rings is 1. The molecule has 0 bridgehead atoms. The SMILES string of the molecule is Cc1cc(CN2CCN(c3cc4c(cc3F)c(=O)c(C(=O)O)cn4C3CC3)CC2)c2ccccc2n1. The summed E-state index contributed by atoms with van der Waals surface area (Å²) in [6.45, 7) is 5.69. The van der Waals surface area contributed by atoms with Crippen LogP contribution in [0.1, 0.15) is 40.5 Å². The van der Waals surface area contributed by atoms with Gasteiger partial charge in [0.05, 0.1) is 16.7 Å². The number of anilines is 1. The van der Waals surface area contributed by atoms with Gasteiger partial charge in [0.2, 0.25) is 5.43 Å². The van der Waals surface area contributed by atoms with Gasteiger partial charge in [0, 0.05) is 61.4 Å². The summed E-state index contributed by atoms with van der Waals surface area (Å²) in [4.78, 5) is 33.4. The number of fused-ring (bicyclic) bond motifs is 2. The van der Waals surface area contributed by atoms with Gasteiger partial charge in [-0.05, 0) is 49.6 Å². The van der Waals surface area contributed by atoms with Crippen LogP contribution in [-0.2, 0) is 6.54 Å². The maximum absolute atomic E-state index is 15.3. The molecule has 0 amide bonds. The number of carboxylic acids is 1. The lowest BCUT2D eigenvalue weighted by atomic mass is 10.1. The van der Waals surface area contributed by atoms with E-state index in [1.54, 1.807) is 6.07 Å². The van der Waals surface area contributed by atoms with Gasteiger partial charge < -0.3 is 14.6 Å². The van der Waals surface area contributed by atoms with Crippen molar-refractivity contribution in [2.45, 2.75) is 32.4 Å². The Morgan fingerprint density at radius 2 is 1.83 bits per heavy atom. The van der Waals surface area contributed by atoms with E-state index in [-0.39, 0.29) is 17.0 Å². The van der Waals surface area contributed by atoms with Crippen LogP contribution in [0.5, 0.6) is 0 Å². The quantitative estimate of drug-likeness (QED) is 0.452. The van der Waals surface area contributed by atoms with Gasteiger partial charge in [-0.1, -0.05) is 18.2 Å². The van der Waals surface area contributed by atoms with Gasteiger partial charge in [0.25, 0.3) is 0 Å². The number of carboxylic acid groups (broad SMARTS) is 1. The van der Waals surface area contributed by atoms with Gasteiger partial charge in [0.15, 0.2) is 0 Å². The third kappa shape index (κ3) is 4.01. The summed E-state index contributed by atoms with van der Waals surface area (Å²) >= 11 is 0. The molecule has 0 unspecified atom stereocenters. The highest BCUT2D eigenvalue weighted by atomic mass is 19.1. The fourth-order valence-electron chi connectivity index (χ4n) is 5.32. The first-order valence-corrected chi connectivity index (χ1v) is 12.3. The van der Waals surface area contributed by atoms with Gasteiger partial charge in [-0.25, -0.2) is 9.18 Å². The number of aryl methyl sites for hydroxylation is 1. The van der Waals surface area contributed by atoms with Crippen LogP contribution in [0.4, 0.5) is 10.1 Å². The van der Waals surface area contributed by atoms with Crippen molar-refractivity contribution in [3.63, 3.8) is 0 Å². The first kappa shape index (κ1) is 22.7. The highest BCUT2D eigenvalue weighted by Crippen LogP contribution is 2.38. The van der Waals surface area contributed by atoms with Crippen LogP contribution < -0.4 is 10.3 Å². The van der Waals surface area contributed by atoms with Crippen LogP contribution in [-0.4, -0.2) is 51.7 Å². The van der Waals surface area contributed by atoms with Gasteiger partial charge in [-0.2, -0.15) is 0 Å². The van der Waals surface area contributed by atoms with E-state index in [2.05, 4.69) is 22.0 Å². The number of pyridine rings is 2. The number of nitrogens with zero attached hydrogens (tertiary/aromatic N) is 4. The summed E-state index contributed by atoms with van der Waals surface area (Å²) in [6.07, 6.45) is 3.27. The number of halogens is 1. The molecule has 0 atom stereocenters. The number of hydrogen-bond donors (Lipinski definition) is 1. The molecule has 3 heterocycles. The fraction of sp³-hybridized carbons (Fsp3) is 0.321. The number of aromatic nitrogens is 2. The Balaban J connectivity index is 1.27. The first-order chi connectivity index (χ1) is 17.4. The Morgan fingerprint density at radius 1 is 1.08 bits per heavy atom. The van der Waals surface area contributed by atoms with Crippen molar-refractivity contribution in [3.05, 3.63) is 81.5 Å². The second-order valence-corrected chi connectivity index (χ2v) is 9.84. The lowest BCUT2D eigenvalue weighted by Gasteiger charge is -2.36. The van der Waals surface area contributed by atoms with E-state index >= 15 is 4.39 Å². The van der Waals surface area contributed by atoms with Crippen molar-refractivity contribution in [2.75, 3.05) is 31.1 Å². The van der Waals surface area contributed by atoms with Crippen molar-refractivity contribution in [1.82, 2.24) is 14.5 Å². The average molecular weight is 487 g/mol. The van der Waals surface area contributed by atoms with Gasteiger partial charge in [-0.3, -0.25) is 14.7 Å². The molecule has 2 fully saturated rings. The van der Waals surface area contributed by atoms with Crippen LogP contribution in [0, 0.1) is 12.7 Å². The summed E-state index contributed by atoms with van der Waals surface area (Å²) in [6, 6.07) is 13.4. The molecule has 1 saturated carbocycles. The molecule has 2 aromatic carbocycles. The van der Waals surface area contributed by atoms with E-state index in [1.807, 2.05) is 34.6 Å². The molecular weight excluding hydrogens is 459 g/mol. The molecule has 6 rings (SSSR count). The summed E-state index contributed by atoms with van der Waals surface area (Å²) < 4.78 is 17.1. The van der Waals surface area contributed by atoms with Crippen molar-refractivity contribution in [2.24, 2.45) is 0 Å².